The number of benzene rings is 1. The molecule has 0 unspecified atom stereocenters. The zero-order chi connectivity index (χ0) is 22.8. The fourth-order valence-electron chi connectivity index (χ4n) is 5.11. The maximum absolute atomic E-state index is 13.5. The first kappa shape index (κ1) is 24.1. The molecular formula is C25H37ClN2O3. The Kier molecular flexibility index (Phi) is 7.37. The van der Waals surface area contributed by atoms with Crippen LogP contribution >= 0.6 is 11.6 Å². The smallest absolute Gasteiger partial charge is 0.245 e. The molecule has 2 N–H and O–H groups in total. The molecule has 2 fully saturated rings. The van der Waals surface area contributed by atoms with E-state index in [1.165, 1.54) is 0 Å². The van der Waals surface area contributed by atoms with Crippen molar-refractivity contribution in [3.63, 3.8) is 0 Å². The molecule has 6 heteroatoms. The van der Waals surface area contributed by atoms with Crippen LogP contribution < -0.4 is 5.32 Å². The topological polar surface area (TPSA) is 69.6 Å². The third kappa shape index (κ3) is 4.93. The largest absolute Gasteiger partial charge is 0.384 e. The molecule has 0 radical (unpaired) electrons. The van der Waals surface area contributed by atoms with Crippen molar-refractivity contribution in [3.05, 3.63) is 34.9 Å². The molecule has 1 aliphatic carbocycles. The van der Waals surface area contributed by atoms with Crippen LogP contribution in [0.25, 0.3) is 0 Å². The lowest BCUT2D eigenvalue weighted by molar-refractivity contribution is -0.157. The molecule has 1 aromatic carbocycles. The van der Waals surface area contributed by atoms with Gasteiger partial charge in [-0.05, 0) is 42.9 Å². The summed E-state index contributed by atoms with van der Waals surface area (Å²) < 4.78 is 0. The van der Waals surface area contributed by atoms with Crippen molar-refractivity contribution in [2.45, 2.75) is 77.9 Å². The Morgan fingerprint density at radius 3 is 2.39 bits per heavy atom. The molecule has 172 valence electrons. The predicted molar refractivity (Wildman–Crippen MR) is 124 cm³/mol. The highest BCUT2D eigenvalue weighted by atomic mass is 35.5. The maximum atomic E-state index is 13.5. The molecule has 0 bridgehead atoms. The van der Waals surface area contributed by atoms with Crippen LogP contribution in [0.4, 0.5) is 0 Å². The van der Waals surface area contributed by atoms with Gasteiger partial charge < -0.3 is 15.3 Å². The monoisotopic (exact) mass is 448 g/mol. The summed E-state index contributed by atoms with van der Waals surface area (Å²) in [5.41, 5.74) is -0.778. The Hall–Kier alpha value is -1.59. The lowest BCUT2D eigenvalue weighted by Crippen LogP contribution is -2.61. The van der Waals surface area contributed by atoms with E-state index in [2.05, 4.69) is 5.32 Å². The summed E-state index contributed by atoms with van der Waals surface area (Å²) in [4.78, 5) is 28.1. The highest BCUT2D eigenvalue weighted by molar-refractivity contribution is 6.30. The summed E-state index contributed by atoms with van der Waals surface area (Å²) in [6, 6.07) is 6.80. The summed E-state index contributed by atoms with van der Waals surface area (Å²) in [6.45, 7) is 8.94. The third-order valence-electron chi connectivity index (χ3n) is 7.59. The van der Waals surface area contributed by atoms with Crippen molar-refractivity contribution in [1.29, 1.82) is 0 Å². The SMILES string of the molecule is CC[C@H](C)[C@@H](NC(=O)C1CCCC1)C(=O)N1CC[C@](O)(c2ccc(Cl)cc2)C(C)(C)C1. The van der Waals surface area contributed by atoms with E-state index in [9.17, 15) is 14.7 Å². The van der Waals surface area contributed by atoms with Crippen LogP contribution in [0.15, 0.2) is 24.3 Å². The zero-order valence-electron chi connectivity index (χ0n) is 19.3. The normalized spacial score (nSPS) is 25.8. The van der Waals surface area contributed by atoms with Gasteiger partial charge in [-0.25, -0.2) is 0 Å². The second-order valence-electron chi connectivity index (χ2n) is 10.1. The second kappa shape index (κ2) is 9.50. The van der Waals surface area contributed by atoms with Crippen molar-refractivity contribution < 1.29 is 14.7 Å². The summed E-state index contributed by atoms with van der Waals surface area (Å²) in [5.74, 6) is 0.0715. The fraction of sp³-hybridized carbons (Fsp3) is 0.680. The van der Waals surface area contributed by atoms with Crippen molar-refractivity contribution in [2.24, 2.45) is 17.3 Å². The van der Waals surface area contributed by atoms with E-state index in [1.807, 2.05) is 44.7 Å². The molecule has 1 aromatic rings. The van der Waals surface area contributed by atoms with Crippen molar-refractivity contribution in [3.8, 4) is 0 Å². The first-order valence-electron chi connectivity index (χ1n) is 11.7. The summed E-state index contributed by atoms with van der Waals surface area (Å²) in [5, 5.41) is 15.3. The molecule has 0 aromatic heterocycles. The van der Waals surface area contributed by atoms with Gasteiger partial charge in [0.1, 0.15) is 6.04 Å². The minimum absolute atomic E-state index is 0.0186. The Morgan fingerprint density at radius 1 is 1.23 bits per heavy atom. The molecule has 2 aliphatic rings. The number of nitrogens with one attached hydrogen (secondary N) is 1. The Bertz CT molecular complexity index is 788. The molecule has 2 amide bonds. The third-order valence-corrected chi connectivity index (χ3v) is 7.84. The maximum Gasteiger partial charge on any atom is 0.245 e. The van der Waals surface area contributed by atoms with Crippen LogP contribution in [0.5, 0.6) is 0 Å². The van der Waals surface area contributed by atoms with Crippen LogP contribution in [-0.2, 0) is 15.2 Å². The van der Waals surface area contributed by atoms with Crippen molar-refractivity contribution in [1.82, 2.24) is 10.2 Å². The number of hydrogen-bond acceptors (Lipinski definition) is 3. The number of halogens is 1. The van der Waals surface area contributed by atoms with Crippen LogP contribution in [0.3, 0.4) is 0 Å². The molecule has 1 heterocycles. The first-order chi connectivity index (χ1) is 14.6. The zero-order valence-corrected chi connectivity index (χ0v) is 20.0. The minimum Gasteiger partial charge on any atom is -0.384 e. The second-order valence-corrected chi connectivity index (χ2v) is 10.6. The number of hydrogen-bond donors (Lipinski definition) is 2. The molecule has 3 atom stereocenters. The fourth-order valence-corrected chi connectivity index (χ4v) is 5.24. The van der Waals surface area contributed by atoms with Crippen LogP contribution in [0, 0.1) is 17.3 Å². The minimum atomic E-state index is -1.05. The highest BCUT2D eigenvalue weighted by Crippen LogP contribution is 2.46. The van der Waals surface area contributed by atoms with Crippen LogP contribution in [0.2, 0.25) is 5.02 Å². The predicted octanol–water partition coefficient (Wildman–Crippen LogP) is 4.51. The van der Waals surface area contributed by atoms with Crippen molar-refractivity contribution >= 4 is 23.4 Å². The number of aliphatic hydroxyl groups is 1. The molecule has 0 spiro atoms. The summed E-state index contributed by atoms with van der Waals surface area (Å²) in [7, 11) is 0. The van der Waals surface area contributed by atoms with E-state index in [1.54, 1.807) is 12.1 Å². The molecule has 3 rings (SSSR count). The van der Waals surface area contributed by atoms with Gasteiger partial charge in [0.15, 0.2) is 0 Å². The number of rotatable bonds is 6. The van der Waals surface area contributed by atoms with Gasteiger partial charge in [-0.15, -0.1) is 0 Å². The van der Waals surface area contributed by atoms with Gasteiger partial charge in [0.05, 0.1) is 5.60 Å². The van der Waals surface area contributed by atoms with Gasteiger partial charge in [0.25, 0.3) is 0 Å². The average molecular weight is 449 g/mol. The van der Waals surface area contributed by atoms with Crippen LogP contribution in [-0.4, -0.2) is 41.0 Å². The van der Waals surface area contributed by atoms with E-state index >= 15 is 0 Å². The summed E-state index contributed by atoms with van der Waals surface area (Å²) in [6.07, 6.45) is 5.26. The van der Waals surface area contributed by atoms with Gasteiger partial charge >= 0.3 is 0 Å². The van der Waals surface area contributed by atoms with E-state index in [4.69, 9.17) is 11.6 Å². The molecular weight excluding hydrogens is 412 g/mol. The molecule has 5 nitrogen and oxygen atoms in total. The van der Waals surface area contributed by atoms with Gasteiger partial charge in [-0.2, -0.15) is 0 Å². The average Bonchev–Trinajstić information content (AvgIpc) is 3.28. The van der Waals surface area contributed by atoms with E-state index < -0.39 is 17.1 Å². The lowest BCUT2D eigenvalue weighted by atomic mass is 9.66. The Labute approximate surface area is 191 Å². The number of likely N-dealkylation sites (tertiary alicyclic amines) is 1. The van der Waals surface area contributed by atoms with Crippen molar-refractivity contribution in [2.75, 3.05) is 13.1 Å². The molecule has 1 saturated carbocycles. The Morgan fingerprint density at radius 2 is 1.84 bits per heavy atom. The summed E-state index contributed by atoms with van der Waals surface area (Å²) >= 11 is 6.03. The van der Waals surface area contributed by atoms with E-state index in [0.717, 1.165) is 37.7 Å². The van der Waals surface area contributed by atoms with Gasteiger partial charge in [0.2, 0.25) is 11.8 Å². The molecule has 1 aliphatic heterocycles. The molecule has 31 heavy (non-hydrogen) atoms. The van der Waals surface area contributed by atoms with Gasteiger partial charge in [-0.1, -0.05) is 70.7 Å². The van der Waals surface area contributed by atoms with Gasteiger partial charge in [0, 0.05) is 29.4 Å². The number of amides is 2. The Balaban J connectivity index is 1.75. The van der Waals surface area contributed by atoms with E-state index in [-0.39, 0.29) is 23.7 Å². The lowest BCUT2D eigenvalue weighted by Gasteiger charge is -2.51. The number of nitrogens with zero attached hydrogens (tertiary/aromatic N) is 1. The first-order valence-corrected chi connectivity index (χ1v) is 12.0. The van der Waals surface area contributed by atoms with E-state index in [0.29, 0.717) is 24.5 Å². The quantitative estimate of drug-likeness (QED) is 0.672. The van der Waals surface area contributed by atoms with Gasteiger partial charge in [-0.3, -0.25) is 9.59 Å². The number of carbonyl (C=O) groups excluding carboxylic acids is 2. The number of piperidine rings is 1. The highest BCUT2D eigenvalue weighted by Gasteiger charge is 2.50. The standard InChI is InChI=1S/C25H37ClN2O3/c1-5-17(2)21(27-22(29)18-8-6-7-9-18)23(30)28-15-14-25(31,24(3,4)16-28)19-10-12-20(26)13-11-19/h10-13,17-18,21,31H,5-9,14-16H2,1-4H3,(H,27,29)/t17-,21+,25-/m0/s1. The van der Waals surface area contributed by atoms with Crippen LogP contribution in [0.1, 0.15) is 71.8 Å². The molecule has 1 saturated heterocycles. The number of carbonyl (C=O) groups is 2.